The Hall–Kier alpha value is -1.73. The van der Waals surface area contributed by atoms with Crippen LogP contribution in [-0.2, 0) is 19.1 Å². The SMILES string of the molecule is CCCCCC(=O)NCC(=O)NC[C@@H]1[C@H](CC=CCCCC(=O)CO)[C@@H]2CC[C@H]1O2. The summed E-state index contributed by atoms with van der Waals surface area (Å²) in [6.07, 6.45) is 13.2. The quantitative estimate of drug-likeness (QED) is 0.277. The fourth-order valence-electron chi connectivity index (χ4n) is 4.44. The largest absolute Gasteiger partial charge is 0.389 e. The zero-order valence-corrected chi connectivity index (χ0v) is 18.2. The maximum Gasteiger partial charge on any atom is 0.239 e. The summed E-state index contributed by atoms with van der Waals surface area (Å²) in [5, 5.41) is 14.4. The molecule has 2 saturated heterocycles. The lowest BCUT2D eigenvalue weighted by Crippen LogP contribution is -2.42. The predicted octanol–water partition coefficient (Wildman–Crippen LogP) is 2.27. The van der Waals surface area contributed by atoms with Crippen LogP contribution in [0.2, 0.25) is 0 Å². The van der Waals surface area contributed by atoms with Gasteiger partial charge >= 0.3 is 0 Å². The minimum Gasteiger partial charge on any atom is -0.389 e. The Balaban J connectivity index is 1.67. The number of fused-ring (bicyclic) bond motifs is 2. The Morgan fingerprint density at radius 1 is 0.967 bits per heavy atom. The summed E-state index contributed by atoms with van der Waals surface area (Å²) in [5.74, 6) is 0.365. The average molecular weight is 423 g/mol. The van der Waals surface area contributed by atoms with Crippen LogP contribution < -0.4 is 10.6 Å². The predicted molar refractivity (Wildman–Crippen MR) is 115 cm³/mol. The van der Waals surface area contributed by atoms with Crippen molar-refractivity contribution in [2.75, 3.05) is 19.7 Å². The second-order valence-electron chi connectivity index (χ2n) is 8.45. The highest BCUT2D eigenvalue weighted by Gasteiger charge is 2.47. The monoisotopic (exact) mass is 422 g/mol. The minimum absolute atomic E-state index is 0.0315. The first kappa shape index (κ1) is 24.5. The lowest BCUT2D eigenvalue weighted by molar-refractivity contribution is -0.126. The molecule has 2 aliphatic rings. The molecule has 0 aromatic rings. The number of aliphatic hydroxyl groups is 1. The van der Waals surface area contributed by atoms with Crippen LogP contribution in [0.3, 0.4) is 0 Å². The first-order chi connectivity index (χ1) is 14.5. The lowest BCUT2D eigenvalue weighted by Gasteiger charge is -2.27. The fourth-order valence-corrected chi connectivity index (χ4v) is 4.44. The number of hydrogen-bond acceptors (Lipinski definition) is 5. The van der Waals surface area contributed by atoms with Gasteiger partial charge in [0.1, 0.15) is 6.61 Å². The van der Waals surface area contributed by atoms with Crippen LogP contribution in [0.4, 0.5) is 0 Å². The number of amides is 2. The van der Waals surface area contributed by atoms with E-state index in [1.54, 1.807) is 0 Å². The van der Waals surface area contributed by atoms with Crippen LogP contribution in [0.5, 0.6) is 0 Å². The topological polar surface area (TPSA) is 105 Å². The van der Waals surface area contributed by atoms with Gasteiger partial charge in [0.15, 0.2) is 5.78 Å². The van der Waals surface area contributed by atoms with Crippen molar-refractivity contribution in [1.29, 1.82) is 0 Å². The number of hydrogen-bond donors (Lipinski definition) is 3. The first-order valence-electron chi connectivity index (χ1n) is 11.5. The molecule has 0 aliphatic carbocycles. The third-order valence-electron chi connectivity index (χ3n) is 6.16. The molecule has 7 heteroatoms. The van der Waals surface area contributed by atoms with E-state index in [1.807, 2.05) is 0 Å². The molecule has 170 valence electrons. The van der Waals surface area contributed by atoms with Gasteiger partial charge in [0.2, 0.25) is 11.8 Å². The summed E-state index contributed by atoms with van der Waals surface area (Å²) in [4.78, 5) is 35.0. The van der Waals surface area contributed by atoms with Crippen molar-refractivity contribution in [3.8, 4) is 0 Å². The van der Waals surface area contributed by atoms with Crippen LogP contribution in [0.1, 0.15) is 71.1 Å². The highest BCUT2D eigenvalue weighted by atomic mass is 16.5. The zero-order chi connectivity index (χ0) is 21.8. The van der Waals surface area contributed by atoms with Crippen molar-refractivity contribution in [3.05, 3.63) is 12.2 Å². The number of unbranched alkanes of at least 4 members (excludes halogenated alkanes) is 3. The van der Waals surface area contributed by atoms with E-state index in [-0.39, 0.29) is 43.0 Å². The number of nitrogens with one attached hydrogen (secondary N) is 2. The molecule has 2 rings (SSSR count). The molecule has 0 unspecified atom stereocenters. The highest BCUT2D eigenvalue weighted by molar-refractivity contribution is 5.84. The second kappa shape index (κ2) is 13.5. The molecule has 2 heterocycles. The molecule has 0 saturated carbocycles. The van der Waals surface area contributed by atoms with E-state index in [1.165, 1.54) is 0 Å². The van der Waals surface area contributed by atoms with Gasteiger partial charge in [-0.15, -0.1) is 0 Å². The summed E-state index contributed by atoms with van der Waals surface area (Å²) in [5.41, 5.74) is 0. The number of aliphatic hydroxyl groups excluding tert-OH is 1. The molecule has 30 heavy (non-hydrogen) atoms. The molecule has 0 aromatic carbocycles. The third kappa shape index (κ3) is 8.19. The number of rotatable bonds is 15. The van der Waals surface area contributed by atoms with Crippen molar-refractivity contribution in [1.82, 2.24) is 10.6 Å². The highest BCUT2D eigenvalue weighted by Crippen LogP contribution is 2.44. The van der Waals surface area contributed by atoms with Crippen LogP contribution in [0.15, 0.2) is 12.2 Å². The van der Waals surface area contributed by atoms with E-state index >= 15 is 0 Å². The summed E-state index contributed by atoms with van der Waals surface area (Å²) in [7, 11) is 0. The Morgan fingerprint density at radius 3 is 2.47 bits per heavy atom. The maximum absolute atomic E-state index is 12.1. The fraction of sp³-hybridized carbons (Fsp3) is 0.783. The van der Waals surface area contributed by atoms with Gasteiger partial charge in [-0.2, -0.15) is 0 Å². The normalized spacial score (nSPS) is 25.0. The van der Waals surface area contributed by atoms with Gasteiger partial charge in [0, 0.05) is 25.3 Å². The van der Waals surface area contributed by atoms with Crippen molar-refractivity contribution in [3.63, 3.8) is 0 Å². The number of allylic oxidation sites excluding steroid dienone is 2. The van der Waals surface area contributed by atoms with Gasteiger partial charge in [0.25, 0.3) is 0 Å². The van der Waals surface area contributed by atoms with E-state index < -0.39 is 0 Å². The van der Waals surface area contributed by atoms with Gasteiger partial charge < -0.3 is 20.5 Å². The Morgan fingerprint density at radius 2 is 1.73 bits per heavy atom. The molecule has 0 aromatic heterocycles. The molecule has 2 amide bonds. The van der Waals surface area contributed by atoms with Gasteiger partial charge in [-0.3, -0.25) is 14.4 Å². The summed E-state index contributed by atoms with van der Waals surface area (Å²) < 4.78 is 6.08. The molecule has 2 bridgehead atoms. The Labute approximate surface area is 180 Å². The van der Waals surface area contributed by atoms with E-state index in [2.05, 4.69) is 29.7 Å². The molecule has 4 atom stereocenters. The van der Waals surface area contributed by atoms with Gasteiger partial charge in [-0.1, -0.05) is 31.9 Å². The van der Waals surface area contributed by atoms with Crippen LogP contribution in [0.25, 0.3) is 0 Å². The van der Waals surface area contributed by atoms with Crippen molar-refractivity contribution < 1.29 is 24.2 Å². The molecule has 2 aliphatic heterocycles. The van der Waals surface area contributed by atoms with Gasteiger partial charge in [0.05, 0.1) is 18.8 Å². The molecule has 0 spiro atoms. The van der Waals surface area contributed by atoms with E-state index in [0.29, 0.717) is 31.2 Å². The number of carbonyl (C=O) groups excluding carboxylic acids is 3. The number of Topliss-reactive ketones (excluding diaryl/α,β-unsaturated/α-hetero) is 1. The summed E-state index contributed by atoms with van der Waals surface area (Å²) in [6.45, 7) is 2.33. The maximum atomic E-state index is 12.1. The molecule has 0 radical (unpaired) electrons. The first-order valence-corrected chi connectivity index (χ1v) is 11.5. The van der Waals surface area contributed by atoms with Crippen molar-refractivity contribution in [2.24, 2.45) is 11.8 Å². The van der Waals surface area contributed by atoms with Gasteiger partial charge in [-0.25, -0.2) is 0 Å². The van der Waals surface area contributed by atoms with Crippen LogP contribution in [-0.4, -0.2) is 54.6 Å². The third-order valence-corrected chi connectivity index (χ3v) is 6.16. The molecule has 7 nitrogen and oxygen atoms in total. The summed E-state index contributed by atoms with van der Waals surface area (Å²) in [6, 6.07) is 0. The van der Waals surface area contributed by atoms with Crippen molar-refractivity contribution >= 4 is 17.6 Å². The average Bonchev–Trinajstić information content (AvgIpc) is 3.35. The second-order valence-corrected chi connectivity index (χ2v) is 8.45. The lowest BCUT2D eigenvalue weighted by atomic mass is 9.77. The Kier molecular flexibility index (Phi) is 11.1. The van der Waals surface area contributed by atoms with E-state index in [4.69, 9.17) is 9.84 Å². The van der Waals surface area contributed by atoms with Crippen LogP contribution >= 0.6 is 0 Å². The smallest absolute Gasteiger partial charge is 0.239 e. The van der Waals surface area contributed by atoms with E-state index in [9.17, 15) is 14.4 Å². The molecule has 2 fully saturated rings. The molecular weight excluding hydrogens is 384 g/mol. The molecule has 3 N–H and O–H groups in total. The summed E-state index contributed by atoms with van der Waals surface area (Å²) >= 11 is 0. The standard InChI is InChI=1S/C23H38N2O5/c1-2-3-6-11-22(28)25-15-23(29)24-14-19-18(20-12-13-21(19)30-20)10-8-5-4-7-9-17(27)16-26/h5,8,18-21,26H,2-4,6-7,9-16H2,1H3,(H,24,29)(H,25,28)/t18-,19+,20-,21+/m0/s1. The van der Waals surface area contributed by atoms with Crippen molar-refractivity contribution in [2.45, 2.75) is 83.3 Å². The Bertz CT molecular complexity index is 592. The van der Waals surface area contributed by atoms with Gasteiger partial charge in [-0.05, 0) is 44.4 Å². The molecular formula is C23H38N2O5. The van der Waals surface area contributed by atoms with E-state index in [0.717, 1.165) is 51.4 Å². The zero-order valence-electron chi connectivity index (χ0n) is 18.2. The number of ether oxygens (including phenoxy) is 1. The number of carbonyl (C=O) groups is 3. The number of ketones is 1. The minimum atomic E-state index is -0.373. The van der Waals surface area contributed by atoms with Crippen LogP contribution in [0, 0.1) is 11.8 Å².